The van der Waals surface area contributed by atoms with Crippen LogP contribution in [-0.4, -0.2) is 68.1 Å². The summed E-state index contributed by atoms with van der Waals surface area (Å²) < 4.78 is 0. The molecular weight excluding hydrogens is 288 g/mol. The van der Waals surface area contributed by atoms with Gasteiger partial charge in [0.2, 0.25) is 5.91 Å². The molecule has 2 heterocycles. The fraction of sp³-hybridized carbons (Fsp3) is 0.611. The average Bonchev–Trinajstić information content (AvgIpc) is 2.63. The molecule has 2 N–H and O–H groups in total. The summed E-state index contributed by atoms with van der Waals surface area (Å²) in [7, 11) is 2.09. The molecule has 126 valence electrons. The molecule has 0 unspecified atom stereocenters. The van der Waals surface area contributed by atoms with Crippen LogP contribution in [0.15, 0.2) is 30.3 Å². The highest BCUT2D eigenvalue weighted by Crippen LogP contribution is 2.17. The number of rotatable bonds is 4. The highest BCUT2D eigenvalue weighted by Gasteiger charge is 2.26. The van der Waals surface area contributed by atoms with Crippen molar-refractivity contribution in [3.63, 3.8) is 0 Å². The van der Waals surface area contributed by atoms with Crippen LogP contribution in [0.3, 0.4) is 0 Å². The smallest absolute Gasteiger partial charge is 0.236 e. The van der Waals surface area contributed by atoms with E-state index in [4.69, 9.17) is 0 Å². The van der Waals surface area contributed by atoms with Crippen LogP contribution in [-0.2, 0) is 4.79 Å². The van der Waals surface area contributed by atoms with E-state index in [1.165, 1.54) is 5.56 Å². The van der Waals surface area contributed by atoms with Gasteiger partial charge < -0.3 is 15.5 Å². The van der Waals surface area contributed by atoms with E-state index in [0.717, 1.165) is 45.6 Å². The molecule has 2 saturated heterocycles. The van der Waals surface area contributed by atoms with E-state index in [2.05, 4.69) is 46.8 Å². The van der Waals surface area contributed by atoms with E-state index < -0.39 is 0 Å². The second kappa shape index (κ2) is 7.90. The number of nitrogens with one attached hydrogen (secondary N) is 2. The zero-order chi connectivity index (χ0) is 16.1. The topological polar surface area (TPSA) is 47.6 Å². The molecule has 1 aromatic rings. The normalized spacial score (nSPS) is 23.2. The Kier molecular flexibility index (Phi) is 5.65. The maximum absolute atomic E-state index is 12.7. The molecular formula is C18H28N4O. The van der Waals surface area contributed by atoms with Crippen LogP contribution in [0.5, 0.6) is 0 Å². The lowest BCUT2D eigenvalue weighted by Gasteiger charge is -2.36. The minimum absolute atomic E-state index is 0.248. The van der Waals surface area contributed by atoms with Gasteiger partial charge >= 0.3 is 0 Å². The van der Waals surface area contributed by atoms with Crippen molar-refractivity contribution in [1.29, 1.82) is 0 Å². The second-order valence-electron chi connectivity index (χ2n) is 6.65. The number of hydrogen-bond acceptors (Lipinski definition) is 4. The van der Waals surface area contributed by atoms with Crippen molar-refractivity contribution in [1.82, 2.24) is 20.4 Å². The van der Waals surface area contributed by atoms with Crippen molar-refractivity contribution in [2.24, 2.45) is 0 Å². The van der Waals surface area contributed by atoms with Gasteiger partial charge in [0.1, 0.15) is 0 Å². The molecule has 0 bridgehead atoms. The third-order valence-electron chi connectivity index (χ3n) is 5.05. The largest absolute Gasteiger partial charge is 0.338 e. The van der Waals surface area contributed by atoms with Gasteiger partial charge in [0.05, 0.1) is 6.54 Å². The molecule has 0 spiro atoms. The molecule has 0 saturated carbocycles. The summed E-state index contributed by atoms with van der Waals surface area (Å²) in [5.74, 6) is 0.258. The van der Waals surface area contributed by atoms with Gasteiger partial charge in [-0.3, -0.25) is 9.69 Å². The Balaban J connectivity index is 1.54. The molecule has 2 aliphatic heterocycles. The van der Waals surface area contributed by atoms with Gasteiger partial charge in [-0.1, -0.05) is 30.3 Å². The van der Waals surface area contributed by atoms with Crippen LogP contribution < -0.4 is 10.6 Å². The first-order valence-electron chi connectivity index (χ1n) is 8.71. The maximum Gasteiger partial charge on any atom is 0.236 e. The number of nitrogens with zero attached hydrogens (tertiary/aromatic N) is 2. The van der Waals surface area contributed by atoms with Crippen molar-refractivity contribution in [3.8, 4) is 0 Å². The molecule has 1 amide bonds. The van der Waals surface area contributed by atoms with Gasteiger partial charge in [0, 0.05) is 31.7 Å². The number of benzene rings is 1. The highest BCUT2D eigenvalue weighted by atomic mass is 16.2. The Morgan fingerprint density at radius 2 is 1.96 bits per heavy atom. The van der Waals surface area contributed by atoms with Crippen molar-refractivity contribution in [2.45, 2.75) is 24.9 Å². The van der Waals surface area contributed by atoms with Gasteiger partial charge in [-0.2, -0.15) is 0 Å². The van der Waals surface area contributed by atoms with Crippen LogP contribution in [0.2, 0.25) is 0 Å². The van der Waals surface area contributed by atoms with Crippen LogP contribution >= 0.6 is 0 Å². The minimum atomic E-state index is 0.248. The molecule has 2 aliphatic rings. The fourth-order valence-electron chi connectivity index (χ4n) is 3.57. The Hall–Kier alpha value is -1.43. The van der Waals surface area contributed by atoms with Crippen LogP contribution in [0.4, 0.5) is 0 Å². The number of likely N-dealkylation sites (N-methyl/N-ethyl adjacent to an activating group) is 1. The number of hydrogen-bond donors (Lipinski definition) is 2. The summed E-state index contributed by atoms with van der Waals surface area (Å²) in [4.78, 5) is 16.9. The molecule has 0 aromatic heterocycles. The number of carbonyl (C=O) groups is 1. The maximum atomic E-state index is 12.7. The lowest BCUT2D eigenvalue weighted by molar-refractivity contribution is -0.134. The number of piperazine rings is 1. The minimum Gasteiger partial charge on any atom is -0.338 e. The number of piperidine rings is 1. The van der Waals surface area contributed by atoms with Gasteiger partial charge in [-0.25, -0.2) is 0 Å². The quantitative estimate of drug-likeness (QED) is 0.864. The van der Waals surface area contributed by atoms with E-state index in [9.17, 15) is 4.79 Å². The SMILES string of the molecule is CN(CC(=O)N1CCN[C@@H](c2ccccc2)C1)C1CCNCC1. The lowest BCUT2D eigenvalue weighted by Crippen LogP contribution is -2.52. The lowest BCUT2D eigenvalue weighted by atomic mass is 10.0. The third kappa shape index (κ3) is 4.31. The number of carbonyl (C=O) groups excluding carboxylic acids is 1. The molecule has 3 rings (SSSR count). The van der Waals surface area contributed by atoms with Crippen molar-refractivity contribution >= 4 is 5.91 Å². The summed E-state index contributed by atoms with van der Waals surface area (Å²) in [5, 5.41) is 6.90. The van der Waals surface area contributed by atoms with Crippen LogP contribution in [0.1, 0.15) is 24.4 Å². The third-order valence-corrected chi connectivity index (χ3v) is 5.05. The van der Waals surface area contributed by atoms with Crippen LogP contribution in [0.25, 0.3) is 0 Å². The van der Waals surface area contributed by atoms with E-state index in [-0.39, 0.29) is 11.9 Å². The average molecular weight is 316 g/mol. The van der Waals surface area contributed by atoms with Gasteiger partial charge in [0.25, 0.3) is 0 Å². The molecule has 5 heteroatoms. The summed E-state index contributed by atoms with van der Waals surface area (Å²) >= 11 is 0. The molecule has 23 heavy (non-hydrogen) atoms. The second-order valence-corrected chi connectivity index (χ2v) is 6.65. The zero-order valence-electron chi connectivity index (χ0n) is 14.0. The molecule has 0 radical (unpaired) electrons. The first-order chi connectivity index (χ1) is 11.2. The molecule has 1 aromatic carbocycles. The molecule has 0 aliphatic carbocycles. The van der Waals surface area contributed by atoms with E-state index in [0.29, 0.717) is 12.6 Å². The summed E-state index contributed by atoms with van der Waals surface area (Å²) in [6, 6.07) is 11.2. The van der Waals surface area contributed by atoms with Crippen molar-refractivity contribution < 1.29 is 4.79 Å². The van der Waals surface area contributed by atoms with Crippen molar-refractivity contribution in [3.05, 3.63) is 35.9 Å². The Labute approximate surface area is 139 Å². The highest BCUT2D eigenvalue weighted by molar-refractivity contribution is 5.78. The Morgan fingerprint density at radius 3 is 2.70 bits per heavy atom. The molecule has 1 atom stereocenters. The summed E-state index contributed by atoms with van der Waals surface area (Å²) in [6.45, 7) is 5.10. The van der Waals surface area contributed by atoms with Gasteiger partial charge in [-0.15, -0.1) is 0 Å². The van der Waals surface area contributed by atoms with E-state index in [1.807, 2.05) is 11.0 Å². The van der Waals surface area contributed by atoms with Crippen LogP contribution in [0, 0.1) is 0 Å². The Bertz CT molecular complexity index is 501. The van der Waals surface area contributed by atoms with E-state index >= 15 is 0 Å². The summed E-state index contributed by atoms with van der Waals surface area (Å²) in [6.07, 6.45) is 2.27. The van der Waals surface area contributed by atoms with Crippen molar-refractivity contribution in [2.75, 3.05) is 46.3 Å². The predicted molar refractivity (Wildman–Crippen MR) is 92.3 cm³/mol. The zero-order valence-corrected chi connectivity index (χ0v) is 14.0. The monoisotopic (exact) mass is 316 g/mol. The first-order valence-corrected chi connectivity index (χ1v) is 8.71. The van der Waals surface area contributed by atoms with Gasteiger partial charge in [0.15, 0.2) is 0 Å². The first kappa shape index (κ1) is 16.4. The van der Waals surface area contributed by atoms with E-state index in [1.54, 1.807) is 0 Å². The van der Waals surface area contributed by atoms with Gasteiger partial charge in [-0.05, 0) is 38.5 Å². The summed E-state index contributed by atoms with van der Waals surface area (Å²) in [5.41, 5.74) is 1.26. The Morgan fingerprint density at radius 1 is 1.22 bits per heavy atom. The number of amides is 1. The standard InChI is InChI=1S/C18H28N4O/c1-21(16-7-9-19-10-8-16)14-18(23)22-12-11-20-17(13-22)15-5-3-2-4-6-15/h2-6,16-17,19-20H,7-14H2,1H3/t17-/m1/s1. The predicted octanol–water partition coefficient (Wildman–Crippen LogP) is 0.843. The fourth-order valence-corrected chi connectivity index (χ4v) is 3.57. The molecule has 5 nitrogen and oxygen atoms in total. The molecule has 2 fully saturated rings.